The van der Waals surface area contributed by atoms with Crippen LogP contribution in [0.15, 0.2) is 22.7 Å². The largest absolute Gasteiger partial charge is 0.465 e. The number of ether oxygens (including phenoxy) is 1. The molecule has 0 N–H and O–H groups in total. The molecule has 0 aliphatic carbocycles. The number of hydrogen-bond donors (Lipinski definition) is 0. The fourth-order valence-corrected chi connectivity index (χ4v) is 2.49. The van der Waals surface area contributed by atoms with Crippen LogP contribution in [-0.2, 0) is 20.3 Å². The lowest BCUT2D eigenvalue weighted by molar-refractivity contribution is 0.0600. The summed E-state index contributed by atoms with van der Waals surface area (Å²) in [7, 11) is -1.93. The van der Waals surface area contributed by atoms with E-state index in [-0.39, 0.29) is 11.3 Å². The third kappa shape index (κ3) is 3.61. The van der Waals surface area contributed by atoms with Crippen LogP contribution in [0, 0.1) is 0 Å². The van der Waals surface area contributed by atoms with E-state index in [0.717, 1.165) is 10.7 Å². The molecule has 0 aliphatic heterocycles. The molecule has 0 fully saturated rings. The Morgan fingerprint density at radius 3 is 2.56 bits per heavy atom. The van der Waals surface area contributed by atoms with Crippen molar-refractivity contribution in [3.8, 4) is 0 Å². The number of halogens is 1. The summed E-state index contributed by atoms with van der Waals surface area (Å²) in [5, 5.41) is 0. The summed E-state index contributed by atoms with van der Waals surface area (Å²) in [6.07, 6.45) is 1.12. The van der Waals surface area contributed by atoms with Crippen LogP contribution in [0.2, 0.25) is 0 Å². The van der Waals surface area contributed by atoms with Crippen LogP contribution >= 0.6 is 15.9 Å². The van der Waals surface area contributed by atoms with E-state index in [1.807, 2.05) is 0 Å². The van der Waals surface area contributed by atoms with Crippen molar-refractivity contribution in [2.24, 2.45) is 0 Å². The van der Waals surface area contributed by atoms with Crippen molar-refractivity contribution in [3.63, 3.8) is 0 Å². The molecule has 0 atom stereocenters. The van der Waals surface area contributed by atoms with Gasteiger partial charge in [-0.2, -0.15) is 0 Å². The number of carbonyl (C=O) groups excluding carboxylic acids is 1. The van der Waals surface area contributed by atoms with E-state index in [2.05, 4.69) is 20.7 Å². The zero-order valence-electron chi connectivity index (χ0n) is 8.86. The van der Waals surface area contributed by atoms with E-state index in [1.54, 1.807) is 12.1 Å². The Kier molecular flexibility index (Phi) is 4.09. The summed E-state index contributed by atoms with van der Waals surface area (Å²) in [5.74, 6) is -0.720. The van der Waals surface area contributed by atoms with Crippen molar-refractivity contribution in [3.05, 3.63) is 33.8 Å². The molecule has 1 aromatic rings. The van der Waals surface area contributed by atoms with Crippen LogP contribution in [-0.4, -0.2) is 27.8 Å². The number of benzene rings is 1. The molecule has 0 saturated heterocycles. The smallest absolute Gasteiger partial charge is 0.338 e. The number of esters is 1. The third-order valence-corrected chi connectivity index (χ3v) is 3.22. The normalized spacial score (nSPS) is 11.2. The Morgan fingerprint density at radius 1 is 1.44 bits per heavy atom. The molecule has 0 heterocycles. The van der Waals surface area contributed by atoms with Gasteiger partial charge in [0, 0.05) is 10.7 Å². The number of carbonyl (C=O) groups is 1. The Morgan fingerprint density at radius 2 is 2.06 bits per heavy atom. The molecule has 0 aromatic heterocycles. The fraction of sp³-hybridized carbons (Fsp3) is 0.300. The van der Waals surface area contributed by atoms with E-state index in [1.165, 1.54) is 13.2 Å². The number of rotatable bonds is 3. The summed E-state index contributed by atoms with van der Waals surface area (Å²) in [5.41, 5.74) is 0.708. The molecule has 0 bridgehead atoms. The van der Waals surface area contributed by atoms with Crippen LogP contribution < -0.4 is 0 Å². The molecular weight excluding hydrogens is 296 g/mol. The molecule has 0 unspecified atom stereocenters. The van der Waals surface area contributed by atoms with Crippen molar-refractivity contribution in [1.82, 2.24) is 0 Å². The molecule has 1 aromatic carbocycles. The maximum atomic E-state index is 11.4. The highest BCUT2D eigenvalue weighted by atomic mass is 79.9. The molecule has 0 amide bonds. The molecule has 1 rings (SSSR count). The lowest BCUT2D eigenvalue weighted by Gasteiger charge is -2.07. The van der Waals surface area contributed by atoms with Crippen molar-refractivity contribution in [1.29, 1.82) is 0 Å². The minimum absolute atomic E-state index is 0.184. The zero-order valence-corrected chi connectivity index (χ0v) is 11.3. The van der Waals surface area contributed by atoms with Gasteiger partial charge >= 0.3 is 5.97 Å². The highest BCUT2D eigenvalue weighted by Gasteiger charge is 2.15. The van der Waals surface area contributed by atoms with Crippen LogP contribution in [0.3, 0.4) is 0 Å². The van der Waals surface area contributed by atoms with Gasteiger partial charge < -0.3 is 4.74 Å². The van der Waals surface area contributed by atoms with Crippen LogP contribution in [0.25, 0.3) is 0 Å². The predicted octanol–water partition coefficient (Wildman–Crippen LogP) is 1.78. The van der Waals surface area contributed by atoms with Crippen molar-refractivity contribution in [2.45, 2.75) is 5.75 Å². The predicted molar refractivity (Wildman–Crippen MR) is 64.0 cm³/mol. The highest BCUT2D eigenvalue weighted by molar-refractivity contribution is 9.10. The number of hydrogen-bond acceptors (Lipinski definition) is 4. The monoisotopic (exact) mass is 306 g/mol. The van der Waals surface area contributed by atoms with Crippen LogP contribution in [0.1, 0.15) is 15.9 Å². The average molecular weight is 307 g/mol. The van der Waals surface area contributed by atoms with Crippen molar-refractivity contribution >= 4 is 31.7 Å². The first-order valence-electron chi connectivity index (χ1n) is 4.38. The average Bonchev–Trinajstić information content (AvgIpc) is 2.14. The van der Waals surface area contributed by atoms with Gasteiger partial charge in [0.2, 0.25) is 0 Å². The van der Waals surface area contributed by atoms with E-state index in [9.17, 15) is 13.2 Å². The second-order valence-electron chi connectivity index (χ2n) is 3.36. The zero-order chi connectivity index (χ0) is 12.3. The van der Waals surface area contributed by atoms with Gasteiger partial charge in [-0.05, 0) is 23.8 Å². The first kappa shape index (κ1) is 13.2. The maximum Gasteiger partial charge on any atom is 0.338 e. The molecule has 0 saturated carbocycles. The third-order valence-electron chi connectivity index (χ3n) is 1.89. The standard InChI is InChI=1S/C10H11BrO4S/c1-15-10(12)9-4-3-8(11)5-7(9)6-16(2,13)14/h3-5H,6H2,1-2H3. The summed E-state index contributed by atoms with van der Waals surface area (Å²) >= 11 is 3.23. The lowest BCUT2D eigenvalue weighted by Crippen LogP contribution is -2.09. The number of methoxy groups -OCH3 is 1. The quantitative estimate of drug-likeness (QED) is 0.799. The first-order valence-corrected chi connectivity index (χ1v) is 7.23. The van der Waals surface area contributed by atoms with Crippen LogP contribution in [0.4, 0.5) is 0 Å². The minimum Gasteiger partial charge on any atom is -0.465 e. The maximum absolute atomic E-state index is 11.4. The summed E-state index contributed by atoms with van der Waals surface area (Å²) in [6, 6.07) is 4.81. The first-order chi connectivity index (χ1) is 7.33. The fourth-order valence-electron chi connectivity index (χ4n) is 1.27. The van der Waals surface area contributed by atoms with Gasteiger partial charge in [-0.15, -0.1) is 0 Å². The van der Waals surface area contributed by atoms with Gasteiger partial charge in [0.15, 0.2) is 9.84 Å². The Balaban J connectivity index is 3.23. The molecule has 88 valence electrons. The Bertz CT molecular complexity index is 508. The molecule has 6 heteroatoms. The van der Waals surface area contributed by atoms with Gasteiger partial charge in [0.05, 0.1) is 18.4 Å². The van der Waals surface area contributed by atoms with Gasteiger partial charge in [-0.3, -0.25) is 0 Å². The van der Waals surface area contributed by atoms with E-state index in [4.69, 9.17) is 0 Å². The SMILES string of the molecule is COC(=O)c1ccc(Br)cc1CS(C)(=O)=O. The van der Waals surface area contributed by atoms with Gasteiger partial charge in [-0.25, -0.2) is 13.2 Å². The highest BCUT2D eigenvalue weighted by Crippen LogP contribution is 2.19. The molecule has 16 heavy (non-hydrogen) atoms. The van der Waals surface area contributed by atoms with Crippen molar-refractivity contribution in [2.75, 3.05) is 13.4 Å². The Hall–Kier alpha value is -0.880. The lowest BCUT2D eigenvalue weighted by atomic mass is 10.1. The second kappa shape index (κ2) is 4.97. The van der Waals surface area contributed by atoms with Gasteiger partial charge in [0.1, 0.15) is 0 Å². The van der Waals surface area contributed by atoms with Crippen LogP contribution in [0.5, 0.6) is 0 Å². The van der Waals surface area contributed by atoms with Gasteiger partial charge in [0.25, 0.3) is 0 Å². The topological polar surface area (TPSA) is 60.4 Å². The number of sulfone groups is 1. The molecule has 0 aliphatic rings. The minimum atomic E-state index is -3.19. The van der Waals surface area contributed by atoms with E-state index >= 15 is 0 Å². The summed E-state index contributed by atoms with van der Waals surface area (Å²) in [4.78, 5) is 11.4. The Labute approximate surface area is 103 Å². The molecular formula is C10H11BrO4S. The van der Waals surface area contributed by atoms with Gasteiger partial charge in [-0.1, -0.05) is 15.9 Å². The molecule has 4 nitrogen and oxygen atoms in total. The molecule has 0 spiro atoms. The second-order valence-corrected chi connectivity index (χ2v) is 6.42. The van der Waals surface area contributed by atoms with Crippen molar-refractivity contribution < 1.29 is 17.9 Å². The van der Waals surface area contributed by atoms with E-state index < -0.39 is 15.8 Å². The molecule has 0 radical (unpaired) electrons. The summed E-state index contributed by atoms with van der Waals surface area (Å²) < 4.78 is 27.7. The van der Waals surface area contributed by atoms with E-state index in [0.29, 0.717) is 5.56 Å². The summed E-state index contributed by atoms with van der Waals surface area (Å²) in [6.45, 7) is 0.